The lowest BCUT2D eigenvalue weighted by Gasteiger charge is -2.33. The monoisotopic (exact) mass is 469 g/mol. The Balaban J connectivity index is 1.32. The second kappa shape index (κ2) is 9.00. The molecule has 0 aliphatic carbocycles. The van der Waals surface area contributed by atoms with Gasteiger partial charge in [-0.05, 0) is 44.2 Å². The third-order valence-electron chi connectivity index (χ3n) is 5.48. The van der Waals surface area contributed by atoms with Gasteiger partial charge >= 0.3 is 6.09 Å². The van der Waals surface area contributed by atoms with Crippen molar-refractivity contribution in [2.45, 2.75) is 59.1 Å². The lowest BCUT2D eigenvalue weighted by molar-refractivity contribution is -0.00709. The van der Waals surface area contributed by atoms with Crippen molar-refractivity contribution in [1.82, 2.24) is 19.8 Å². The zero-order valence-corrected chi connectivity index (χ0v) is 20.2. The molecule has 4 heterocycles. The van der Waals surface area contributed by atoms with Crippen molar-refractivity contribution in [1.29, 1.82) is 0 Å². The van der Waals surface area contributed by atoms with Crippen LogP contribution < -0.4 is 5.32 Å². The number of hydrogen-bond acceptors (Lipinski definition) is 7. The Morgan fingerprint density at radius 1 is 1.24 bits per heavy atom. The van der Waals surface area contributed by atoms with E-state index in [1.54, 1.807) is 34.1 Å². The highest BCUT2D eigenvalue weighted by Gasteiger charge is 2.34. The van der Waals surface area contributed by atoms with Crippen LogP contribution in [0.1, 0.15) is 64.0 Å². The summed E-state index contributed by atoms with van der Waals surface area (Å²) in [6.07, 6.45) is 6.03. The van der Waals surface area contributed by atoms with E-state index in [9.17, 15) is 9.59 Å². The van der Waals surface area contributed by atoms with Crippen molar-refractivity contribution in [2.75, 3.05) is 18.4 Å². The van der Waals surface area contributed by atoms with Crippen LogP contribution in [0.3, 0.4) is 0 Å². The van der Waals surface area contributed by atoms with E-state index < -0.39 is 11.5 Å². The number of nitrogens with one attached hydrogen (secondary N) is 1. The number of rotatable bonds is 6. The van der Waals surface area contributed by atoms with Gasteiger partial charge in [0, 0.05) is 25.4 Å². The first kappa shape index (κ1) is 23.6. The van der Waals surface area contributed by atoms with E-state index in [1.807, 2.05) is 13.8 Å². The third kappa shape index (κ3) is 5.67. The van der Waals surface area contributed by atoms with Crippen LogP contribution in [-0.4, -0.2) is 50.5 Å². The summed E-state index contributed by atoms with van der Waals surface area (Å²) in [6.45, 7) is 11.4. The smallest absolute Gasteiger partial charge is 0.410 e. The average Bonchev–Trinajstić information content (AvgIpc) is 3.52. The van der Waals surface area contributed by atoms with Crippen molar-refractivity contribution in [3.8, 4) is 11.5 Å². The van der Waals surface area contributed by atoms with Crippen molar-refractivity contribution < 1.29 is 23.3 Å². The molecule has 1 fully saturated rings. The van der Waals surface area contributed by atoms with Gasteiger partial charge < -0.3 is 23.9 Å². The number of hydrogen-bond donors (Lipinski definition) is 1. The number of ether oxygens (including phenoxy) is 1. The highest BCUT2D eigenvalue weighted by Crippen LogP contribution is 2.31. The van der Waals surface area contributed by atoms with E-state index in [-0.39, 0.29) is 23.2 Å². The molecule has 10 heteroatoms. The van der Waals surface area contributed by atoms with Gasteiger partial charge in [0.1, 0.15) is 5.60 Å². The summed E-state index contributed by atoms with van der Waals surface area (Å²) in [4.78, 5) is 27.0. The summed E-state index contributed by atoms with van der Waals surface area (Å²) < 4.78 is 18.0. The maximum Gasteiger partial charge on any atom is 0.410 e. The van der Waals surface area contributed by atoms with Crippen LogP contribution in [0.4, 0.5) is 10.5 Å². The van der Waals surface area contributed by atoms with Crippen LogP contribution in [0.25, 0.3) is 11.5 Å². The molecule has 3 aromatic heterocycles. The number of furan rings is 1. The molecule has 1 saturated heterocycles. The van der Waals surface area contributed by atoms with Gasteiger partial charge in [0.25, 0.3) is 5.91 Å². The van der Waals surface area contributed by atoms with E-state index in [2.05, 4.69) is 36.3 Å². The molecular formula is C24H31N5O5. The Hall–Kier alpha value is -3.56. The SMILES string of the molecule is CC(C)(C)CC(C)(C)OC(=O)N1CCC(n2cc(NC(=O)c3cc(-c4ccco4)on3)cn2)C1. The van der Waals surface area contributed by atoms with Crippen LogP contribution in [0.15, 0.2) is 45.8 Å². The molecule has 0 radical (unpaired) electrons. The van der Waals surface area contributed by atoms with Gasteiger partial charge in [-0.1, -0.05) is 25.9 Å². The molecule has 1 atom stereocenters. The molecule has 182 valence electrons. The van der Waals surface area contributed by atoms with E-state index in [0.717, 1.165) is 12.8 Å². The van der Waals surface area contributed by atoms with Crippen LogP contribution in [0, 0.1) is 5.41 Å². The minimum absolute atomic E-state index is 0.00142. The number of carbonyl (C=O) groups excluding carboxylic acids is 2. The van der Waals surface area contributed by atoms with Gasteiger partial charge in [-0.25, -0.2) is 4.79 Å². The molecular weight excluding hydrogens is 438 g/mol. The fourth-order valence-corrected chi connectivity index (χ4v) is 4.45. The maximum absolute atomic E-state index is 12.7. The Morgan fingerprint density at radius 3 is 2.74 bits per heavy atom. The fraction of sp³-hybridized carbons (Fsp3) is 0.500. The molecule has 2 amide bonds. The lowest BCUT2D eigenvalue weighted by Crippen LogP contribution is -2.39. The Kier molecular flexibility index (Phi) is 6.24. The number of anilines is 1. The van der Waals surface area contributed by atoms with E-state index >= 15 is 0 Å². The van der Waals surface area contributed by atoms with Crippen molar-refractivity contribution in [2.24, 2.45) is 5.41 Å². The quantitative estimate of drug-likeness (QED) is 0.541. The molecule has 0 spiro atoms. The molecule has 0 bridgehead atoms. The highest BCUT2D eigenvalue weighted by molar-refractivity contribution is 6.03. The van der Waals surface area contributed by atoms with Crippen molar-refractivity contribution >= 4 is 17.7 Å². The van der Waals surface area contributed by atoms with Gasteiger partial charge in [-0.2, -0.15) is 5.10 Å². The molecule has 0 aromatic carbocycles. The van der Waals surface area contributed by atoms with E-state index in [1.165, 1.54) is 12.3 Å². The fourth-order valence-electron chi connectivity index (χ4n) is 4.45. The first-order valence-corrected chi connectivity index (χ1v) is 11.3. The summed E-state index contributed by atoms with van der Waals surface area (Å²) in [5, 5.41) is 10.9. The van der Waals surface area contributed by atoms with Crippen LogP contribution >= 0.6 is 0 Å². The van der Waals surface area contributed by atoms with Crippen LogP contribution in [0.5, 0.6) is 0 Å². The second-order valence-electron chi connectivity index (χ2n) is 10.5. The zero-order valence-electron chi connectivity index (χ0n) is 20.2. The number of likely N-dealkylation sites (tertiary alicyclic amines) is 1. The van der Waals surface area contributed by atoms with Gasteiger partial charge in [0.15, 0.2) is 11.5 Å². The van der Waals surface area contributed by atoms with Gasteiger partial charge in [-0.3, -0.25) is 9.48 Å². The summed E-state index contributed by atoms with van der Waals surface area (Å²) in [5.41, 5.74) is 0.167. The summed E-state index contributed by atoms with van der Waals surface area (Å²) in [5.74, 6) is 0.443. The summed E-state index contributed by atoms with van der Waals surface area (Å²) >= 11 is 0. The topological polar surface area (TPSA) is 116 Å². The predicted octanol–water partition coefficient (Wildman–Crippen LogP) is 4.98. The van der Waals surface area contributed by atoms with Gasteiger partial charge in [0.05, 0.1) is 24.2 Å². The second-order valence-corrected chi connectivity index (χ2v) is 10.5. The molecule has 34 heavy (non-hydrogen) atoms. The molecule has 0 saturated carbocycles. The van der Waals surface area contributed by atoms with Gasteiger partial charge in [-0.15, -0.1) is 0 Å². The molecule has 10 nitrogen and oxygen atoms in total. The number of nitrogens with zero attached hydrogens (tertiary/aromatic N) is 4. The normalized spacial score (nSPS) is 16.6. The standard InChI is InChI=1S/C24H31N5O5/c1-23(2,3)15-24(4,5)33-22(31)28-9-8-17(14-28)29-13-16(12-25-29)26-21(30)18-11-20(34-27-18)19-7-6-10-32-19/h6-7,10-13,17H,8-9,14-15H2,1-5H3,(H,26,30). The molecule has 4 rings (SSSR count). The number of aromatic nitrogens is 3. The lowest BCUT2D eigenvalue weighted by atomic mass is 9.84. The van der Waals surface area contributed by atoms with E-state index in [4.69, 9.17) is 13.7 Å². The Morgan fingerprint density at radius 2 is 2.03 bits per heavy atom. The highest BCUT2D eigenvalue weighted by atomic mass is 16.6. The summed E-state index contributed by atoms with van der Waals surface area (Å²) in [7, 11) is 0. The zero-order chi connectivity index (χ0) is 24.5. The largest absolute Gasteiger partial charge is 0.461 e. The minimum atomic E-state index is -0.547. The minimum Gasteiger partial charge on any atom is -0.461 e. The Bertz CT molecular complexity index is 1140. The Labute approximate surface area is 198 Å². The number of carbonyl (C=O) groups is 2. The van der Waals surface area contributed by atoms with Gasteiger partial charge in [0.2, 0.25) is 5.76 Å². The van der Waals surface area contributed by atoms with Crippen molar-refractivity contribution in [3.63, 3.8) is 0 Å². The van der Waals surface area contributed by atoms with Crippen molar-refractivity contribution in [3.05, 3.63) is 42.5 Å². The van der Waals surface area contributed by atoms with Crippen LogP contribution in [0.2, 0.25) is 0 Å². The predicted molar refractivity (Wildman–Crippen MR) is 124 cm³/mol. The third-order valence-corrected chi connectivity index (χ3v) is 5.48. The first-order valence-electron chi connectivity index (χ1n) is 11.3. The molecule has 1 unspecified atom stereocenters. The average molecular weight is 470 g/mol. The van der Waals surface area contributed by atoms with Crippen LogP contribution in [-0.2, 0) is 4.74 Å². The molecule has 1 aliphatic heterocycles. The molecule has 1 aliphatic rings. The number of amides is 2. The molecule has 3 aromatic rings. The maximum atomic E-state index is 12.7. The van der Waals surface area contributed by atoms with E-state index in [0.29, 0.717) is 30.3 Å². The summed E-state index contributed by atoms with van der Waals surface area (Å²) in [6, 6.07) is 4.96. The molecule has 1 N–H and O–H groups in total. The first-order chi connectivity index (χ1) is 16.0.